The smallest absolute Gasteiger partial charge is 0.301 e. The Morgan fingerprint density at radius 2 is 1.90 bits per heavy atom. The first-order valence-electron chi connectivity index (χ1n) is 8.15. The number of amides is 2. The van der Waals surface area contributed by atoms with Gasteiger partial charge in [0.1, 0.15) is 5.82 Å². The third-order valence-corrected chi connectivity index (χ3v) is 5.19. The topological polar surface area (TPSA) is 150 Å². The fraction of sp³-hybridized carbons (Fsp3) is 0. The minimum Gasteiger partial charge on any atom is -0.384 e. The number of nitrogen functional groups attached to an aromatic ring is 1. The zero-order chi connectivity index (χ0) is 20.7. The molecule has 0 saturated heterocycles. The Hall–Kier alpha value is -3.99. The van der Waals surface area contributed by atoms with Gasteiger partial charge >= 0.3 is 5.69 Å². The fourth-order valence-corrected chi connectivity index (χ4v) is 3.85. The first-order valence-corrected chi connectivity index (χ1v) is 8.97. The number of carbonyl (C=O) groups is 2. The highest BCUT2D eigenvalue weighted by Gasteiger charge is 2.31. The van der Waals surface area contributed by atoms with E-state index >= 15 is 0 Å². The molecule has 0 unspecified atom stereocenters. The first-order chi connectivity index (χ1) is 13.9. The van der Waals surface area contributed by atoms with Gasteiger partial charge in [-0.15, -0.1) is 0 Å². The van der Waals surface area contributed by atoms with Gasteiger partial charge in [-0.3, -0.25) is 34.4 Å². The molecule has 144 valence electrons. The van der Waals surface area contributed by atoms with E-state index in [2.05, 4.69) is 10.3 Å². The number of pyridine rings is 2. The van der Waals surface area contributed by atoms with Crippen LogP contribution in [0.3, 0.4) is 0 Å². The normalized spacial score (nSPS) is 12.6. The molecule has 0 atom stereocenters. The van der Waals surface area contributed by atoms with E-state index in [9.17, 15) is 24.5 Å². The van der Waals surface area contributed by atoms with Gasteiger partial charge in [0.25, 0.3) is 17.4 Å². The average Bonchev–Trinajstić information content (AvgIpc) is 2.96. The number of nitro groups is 1. The number of nitrogens with two attached hydrogens (primary N) is 1. The predicted octanol–water partition coefficient (Wildman–Crippen LogP) is 1.76. The summed E-state index contributed by atoms with van der Waals surface area (Å²) in [6, 6.07) is 10.4. The molecule has 29 heavy (non-hydrogen) atoms. The highest BCUT2D eigenvalue weighted by Crippen LogP contribution is 2.33. The molecule has 0 fully saturated rings. The van der Waals surface area contributed by atoms with Crippen LogP contribution in [0.1, 0.15) is 20.7 Å². The summed E-state index contributed by atoms with van der Waals surface area (Å²) in [4.78, 5) is 51.6. The number of anilines is 1. The molecule has 4 rings (SSSR count). The van der Waals surface area contributed by atoms with Crippen LogP contribution in [0.15, 0.2) is 63.4 Å². The van der Waals surface area contributed by atoms with Crippen molar-refractivity contribution in [3.05, 3.63) is 80.3 Å². The quantitative estimate of drug-likeness (QED) is 0.376. The largest absolute Gasteiger partial charge is 0.384 e. The van der Waals surface area contributed by atoms with Crippen molar-refractivity contribution in [1.29, 1.82) is 0 Å². The van der Waals surface area contributed by atoms with Gasteiger partial charge in [0.2, 0.25) is 0 Å². The van der Waals surface area contributed by atoms with Crippen molar-refractivity contribution in [1.82, 2.24) is 14.9 Å². The molecule has 1 aliphatic rings. The Bertz CT molecular complexity index is 1270. The van der Waals surface area contributed by atoms with Crippen LogP contribution in [0.25, 0.3) is 5.69 Å². The highest BCUT2D eigenvalue weighted by molar-refractivity contribution is 7.99. The van der Waals surface area contributed by atoms with E-state index in [1.165, 1.54) is 18.3 Å². The van der Waals surface area contributed by atoms with Gasteiger partial charge in [-0.1, -0.05) is 17.8 Å². The molecular formula is C18H11N5O5S. The molecule has 0 radical (unpaired) electrons. The molecule has 3 heterocycles. The minimum absolute atomic E-state index is 0.0620. The van der Waals surface area contributed by atoms with Crippen molar-refractivity contribution in [2.75, 3.05) is 5.73 Å². The van der Waals surface area contributed by atoms with E-state index in [0.29, 0.717) is 10.6 Å². The van der Waals surface area contributed by atoms with Crippen molar-refractivity contribution in [2.45, 2.75) is 9.92 Å². The van der Waals surface area contributed by atoms with Gasteiger partial charge in [-0.05, 0) is 24.3 Å². The monoisotopic (exact) mass is 409 g/mol. The maximum atomic E-state index is 12.5. The lowest BCUT2D eigenvalue weighted by Gasteiger charge is -2.12. The number of nitrogens with zero attached hydrogens (tertiary/aromatic N) is 3. The van der Waals surface area contributed by atoms with Crippen LogP contribution < -0.4 is 16.6 Å². The lowest BCUT2D eigenvalue weighted by atomic mass is 10.1. The molecule has 11 heteroatoms. The minimum atomic E-state index is -0.675. The summed E-state index contributed by atoms with van der Waals surface area (Å²) in [6.07, 6.45) is 1.44. The molecule has 0 bridgehead atoms. The van der Waals surface area contributed by atoms with Gasteiger partial charge < -0.3 is 5.73 Å². The van der Waals surface area contributed by atoms with E-state index in [1.807, 2.05) is 0 Å². The summed E-state index contributed by atoms with van der Waals surface area (Å²) >= 11 is 1.05. The molecule has 2 amide bonds. The molecule has 0 saturated carbocycles. The predicted molar refractivity (Wildman–Crippen MR) is 103 cm³/mol. The SMILES string of the molecule is Nc1c2c(cc(=O)n1-c1cccc(Sc3ncccc3[N+](=O)[O-])c1)C(=O)NC2=O. The zero-order valence-electron chi connectivity index (χ0n) is 14.5. The second kappa shape index (κ2) is 6.87. The van der Waals surface area contributed by atoms with Gasteiger partial charge in [0.15, 0.2) is 5.03 Å². The first kappa shape index (κ1) is 18.4. The molecule has 3 N–H and O–H groups in total. The number of aromatic nitrogens is 2. The molecule has 0 spiro atoms. The Morgan fingerprint density at radius 1 is 1.10 bits per heavy atom. The van der Waals surface area contributed by atoms with Crippen LogP contribution in [0.2, 0.25) is 0 Å². The van der Waals surface area contributed by atoms with E-state index in [-0.39, 0.29) is 27.7 Å². The number of fused-ring (bicyclic) bond motifs is 1. The zero-order valence-corrected chi connectivity index (χ0v) is 15.3. The summed E-state index contributed by atoms with van der Waals surface area (Å²) in [7, 11) is 0. The molecular weight excluding hydrogens is 398 g/mol. The maximum Gasteiger partial charge on any atom is 0.301 e. The standard InChI is InChI=1S/C18H11N5O5S/c19-15-14-11(16(25)21-17(14)26)8-13(24)22(15)9-3-1-4-10(7-9)29-18-12(23(27)28)5-2-6-20-18/h1-8H,19H2,(H,21,25,26). The Morgan fingerprint density at radius 3 is 2.66 bits per heavy atom. The van der Waals surface area contributed by atoms with E-state index in [1.54, 1.807) is 24.3 Å². The van der Waals surface area contributed by atoms with E-state index in [4.69, 9.17) is 5.73 Å². The lowest BCUT2D eigenvalue weighted by Crippen LogP contribution is -2.24. The maximum absolute atomic E-state index is 12.5. The molecule has 1 aliphatic heterocycles. The van der Waals surface area contributed by atoms with Crippen molar-refractivity contribution in [3.63, 3.8) is 0 Å². The van der Waals surface area contributed by atoms with Crippen LogP contribution in [0.5, 0.6) is 0 Å². The van der Waals surface area contributed by atoms with Crippen LogP contribution in [-0.4, -0.2) is 26.3 Å². The summed E-state index contributed by atoms with van der Waals surface area (Å²) in [6.45, 7) is 0. The summed E-state index contributed by atoms with van der Waals surface area (Å²) in [5.41, 5.74) is 5.51. The summed E-state index contributed by atoms with van der Waals surface area (Å²) < 4.78 is 1.11. The van der Waals surface area contributed by atoms with E-state index in [0.717, 1.165) is 22.4 Å². The highest BCUT2D eigenvalue weighted by atomic mass is 32.2. The van der Waals surface area contributed by atoms with Gasteiger partial charge in [0.05, 0.1) is 21.7 Å². The molecule has 2 aromatic heterocycles. The summed E-state index contributed by atoms with van der Waals surface area (Å²) in [5, 5.41) is 13.5. The molecule has 0 aliphatic carbocycles. The second-order valence-electron chi connectivity index (χ2n) is 5.96. The third-order valence-electron chi connectivity index (χ3n) is 4.19. The number of imide groups is 1. The third kappa shape index (κ3) is 3.12. The van der Waals surface area contributed by atoms with Gasteiger partial charge in [-0.25, -0.2) is 4.98 Å². The number of nitrogens with one attached hydrogen (secondary N) is 1. The second-order valence-corrected chi connectivity index (χ2v) is 7.02. The Kier molecular flexibility index (Phi) is 4.35. The fourth-order valence-electron chi connectivity index (χ4n) is 2.94. The average molecular weight is 409 g/mol. The van der Waals surface area contributed by atoms with E-state index < -0.39 is 22.3 Å². The van der Waals surface area contributed by atoms with Crippen LogP contribution in [0.4, 0.5) is 11.5 Å². The molecule has 10 nitrogen and oxygen atoms in total. The van der Waals surface area contributed by atoms with Gasteiger partial charge in [-0.2, -0.15) is 0 Å². The molecule has 3 aromatic rings. The van der Waals surface area contributed by atoms with Crippen molar-refractivity contribution in [2.24, 2.45) is 0 Å². The van der Waals surface area contributed by atoms with Crippen LogP contribution in [0, 0.1) is 10.1 Å². The van der Waals surface area contributed by atoms with Gasteiger partial charge in [0, 0.05) is 23.2 Å². The summed E-state index contributed by atoms with van der Waals surface area (Å²) in [5.74, 6) is -1.51. The number of rotatable bonds is 4. The lowest BCUT2D eigenvalue weighted by molar-refractivity contribution is -0.388. The number of carbonyl (C=O) groups excluding carboxylic acids is 2. The molecule has 1 aromatic carbocycles. The Labute approximate surface area is 166 Å². The number of hydrogen-bond donors (Lipinski definition) is 2. The van der Waals surface area contributed by atoms with Crippen LogP contribution in [-0.2, 0) is 0 Å². The van der Waals surface area contributed by atoms with Crippen molar-refractivity contribution < 1.29 is 14.5 Å². The van der Waals surface area contributed by atoms with Crippen molar-refractivity contribution >= 4 is 35.1 Å². The van der Waals surface area contributed by atoms with Crippen LogP contribution >= 0.6 is 11.8 Å². The number of hydrogen-bond acceptors (Lipinski definition) is 8. The van der Waals surface area contributed by atoms with Crippen molar-refractivity contribution in [3.8, 4) is 5.69 Å². The number of benzene rings is 1. The Balaban J connectivity index is 1.79.